The van der Waals surface area contributed by atoms with Gasteiger partial charge in [0.05, 0.1) is 0 Å². The van der Waals surface area contributed by atoms with Crippen molar-refractivity contribution in [3.63, 3.8) is 0 Å². The first-order valence-electron chi connectivity index (χ1n) is 4.41. The van der Waals surface area contributed by atoms with E-state index in [-0.39, 0.29) is 0 Å². The smallest absolute Gasteiger partial charge is 0.163 e. The highest BCUT2D eigenvalue weighted by Gasteiger charge is 2.26. The standard InChI is InChI=1S/C8H16N2S2/c1-2-12-7-5-3-4-6(7)10-8(9)11/h6-7H,2-5H2,1H3,(H3,9,10,11). The Morgan fingerprint density at radius 1 is 1.67 bits per heavy atom. The van der Waals surface area contributed by atoms with Crippen molar-refractivity contribution in [2.24, 2.45) is 5.73 Å². The Morgan fingerprint density at radius 2 is 2.42 bits per heavy atom. The second-order valence-electron chi connectivity index (χ2n) is 3.04. The van der Waals surface area contributed by atoms with Gasteiger partial charge in [-0.15, -0.1) is 0 Å². The summed E-state index contributed by atoms with van der Waals surface area (Å²) in [7, 11) is 0. The molecule has 0 aromatic heterocycles. The van der Waals surface area contributed by atoms with Crippen LogP contribution < -0.4 is 11.1 Å². The number of hydrogen-bond acceptors (Lipinski definition) is 2. The van der Waals surface area contributed by atoms with Crippen LogP contribution >= 0.6 is 24.0 Å². The van der Waals surface area contributed by atoms with Gasteiger partial charge in [-0.2, -0.15) is 11.8 Å². The molecule has 0 bridgehead atoms. The van der Waals surface area contributed by atoms with E-state index in [0.717, 1.165) is 5.25 Å². The maximum absolute atomic E-state index is 5.44. The van der Waals surface area contributed by atoms with Crippen LogP contribution in [-0.2, 0) is 0 Å². The third kappa shape index (κ3) is 2.83. The van der Waals surface area contributed by atoms with Gasteiger partial charge in [-0.05, 0) is 30.8 Å². The van der Waals surface area contributed by atoms with Crippen molar-refractivity contribution >= 4 is 29.1 Å². The highest BCUT2D eigenvalue weighted by atomic mass is 32.2. The first-order valence-corrected chi connectivity index (χ1v) is 5.87. The van der Waals surface area contributed by atoms with Crippen LogP contribution in [0.15, 0.2) is 0 Å². The van der Waals surface area contributed by atoms with E-state index in [4.69, 9.17) is 18.0 Å². The van der Waals surface area contributed by atoms with Gasteiger partial charge in [0.15, 0.2) is 5.11 Å². The Bertz CT molecular complexity index is 161. The van der Waals surface area contributed by atoms with Crippen LogP contribution in [0.2, 0.25) is 0 Å². The highest BCUT2D eigenvalue weighted by molar-refractivity contribution is 7.99. The first kappa shape index (κ1) is 10.1. The van der Waals surface area contributed by atoms with Crippen LogP contribution in [0.5, 0.6) is 0 Å². The summed E-state index contributed by atoms with van der Waals surface area (Å²) in [5.41, 5.74) is 5.44. The van der Waals surface area contributed by atoms with E-state index in [1.54, 1.807) is 0 Å². The summed E-state index contributed by atoms with van der Waals surface area (Å²) in [6.07, 6.45) is 3.83. The van der Waals surface area contributed by atoms with Gasteiger partial charge in [-0.3, -0.25) is 0 Å². The molecule has 2 unspecified atom stereocenters. The van der Waals surface area contributed by atoms with Crippen LogP contribution in [0.25, 0.3) is 0 Å². The molecule has 0 aromatic carbocycles. The lowest BCUT2D eigenvalue weighted by Crippen LogP contribution is -2.41. The monoisotopic (exact) mass is 204 g/mol. The molecule has 0 amide bonds. The highest BCUT2D eigenvalue weighted by Crippen LogP contribution is 2.29. The summed E-state index contributed by atoms with van der Waals surface area (Å²) >= 11 is 6.84. The van der Waals surface area contributed by atoms with Crippen molar-refractivity contribution in [2.45, 2.75) is 37.5 Å². The summed E-state index contributed by atoms with van der Waals surface area (Å²) < 4.78 is 0. The quantitative estimate of drug-likeness (QED) is 0.683. The van der Waals surface area contributed by atoms with Gasteiger partial charge >= 0.3 is 0 Å². The zero-order valence-corrected chi connectivity index (χ0v) is 9.01. The lowest BCUT2D eigenvalue weighted by atomic mass is 10.2. The van der Waals surface area contributed by atoms with Gasteiger partial charge in [0.1, 0.15) is 0 Å². The lowest BCUT2D eigenvalue weighted by molar-refractivity contribution is 0.643. The number of thiocarbonyl (C=S) groups is 1. The van der Waals surface area contributed by atoms with E-state index >= 15 is 0 Å². The molecular formula is C8H16N2S2. The van der Waals surface area contributed by atoms with E-state index in [2.05, 4.69) is 12.2 Å². The molecule has 1 aliphatic rings. The zero-order chi connectivity index (χ0) is 8.97. The lowest BCUT2D eigenvalue weighted by Gasteiger charge is -2.19. The minimum Gasteiger partial charge on any atom is -0.376 e. The molecule has 0 heterocycles. The number of nitrogens with two attached hydrogens (primary N) is 1. The van der Waals surface area contributed by atoms with E-state index < -0.39 is 0 Å². The van der Waals surface area contributed by atoms with Gasteiger partial charge in [0.25, 0.3) is 0 Å². The molecule has 1 rings (SSSR count). The summed E-state index contributed by atoms with van der Waals surface area (Å²) in [5.74, 6) is 1.18. The molecule has 1 saturated carbocycles. The topological polar surface area (TPSA) is 38.0 Å². The van der Waals surface area contributed by atoms with Crippen molar-refractivity contribution in [3.05, 3.63) is 0 Å². The van der Waals surface area contributed by atoms with E-state index in [1.807, 2.05) is 11.8 Å². The second kappa shape index (κ2) is 4.92. The summed E-state index contributed by atoms with van der Waals surface area (Å²) in [5, 5.41) is 4.33. The maximum atomic E-state index is 5.44. The fourth-order valence-electron chi connectivity index (χ4n) is 1.69. The Labute approximate surface area is 83.7 Å². The predicted molar refractivity (Wildman–Crippen MR) is 59.5 cm³/mol. The molecule has 0 aromatic rings. The summed E-state index contributed by atoms with van der Waals surface area (Å²) in [6, 6.07) is 0.521. The van der Waals surface area contributed by atoms with Gasteiger partial charge in [0, 0.05) is 11.3 Å². The van der Waals surface area contributed by atoms with Gasteiger partial charge < -0.3 is 11.1 Å². The molecule has 4 heteroatoms. The molecule has 2 atom stereocenters. The van der Waals surface area contributed by atoms with E-state index in [1.165, 1.54) is 25.0 Å². The largest absolute Gasteiger partial charge is 0.376 e. The number of rotatable bonds is 3. The average molecular weight is 204 g/mol. The molecule has 12 heavy (non-hydrogen) atoms. The Morgan fingerprint density at radius 3 is 3.00 bits per heavy atom. The van der Waals surface area contributed by atoms with Crippen LogP contribution in [0.4, 0.5) is 0 Å². The number of nitrogens with one attached hydrogen (secondary N) is 1. The first-order chi connectivity index (χ1) is 5.74. The van der Waals surface area contributed by atoms with Crippen molar-refractivity contribution in [1.82, 2.24) is 5.32 Å². The Balaban J connectivity index is 2.35. The number of thioether (sulfide) groups is 1. The predicted octanol–water partition coefficient (Wildman–Crippen LogP) is 1.49. The van der Waals surface area contributed by atoms with Crippen molar-refractivity contribution in [3.8, 4) is 0 Å². The molecule has 0 aliphatic heterocycles. The second-order valence-corrected chi connectivity index (χ2v) is 5.00. The maximum Gasteiger partial charge on any atom is 0.163 e. The fourth-order valence-corrected chi connectivity index (χ4v) is 3.04. The molecule has 70 valence electrons. The van der Waals surface area contributed by atoms with Crippen molar-refractivity contribution < 1.29 is 0 Å². The molecule has 1 fully saturated rings. The fraction of sp³-hybridized carbons (Fsp3) is 0.875. The zero-order valence-electron chi connectivity index (χ0n) is 7.38. The van der Waals surface area contributed by atoms with E-state index in [9.17, 15) is 0 Å². The van der Waals surface area contributed by atoms with Crippen LogP contribution in [0.1, 0.15) is 26.2 Å². The Hall–Kier alpha value is 0.0400. The van der Waals surface area contributed by atoms with Crippen LogP contribution in [-0.4, -0.2) is 22.2 Å². The van der Waals surface area contributed by atoms with Gasteiger partial charge in [-0.1, -0.05) is 13.3 Å². The Kier molecular flexibility index (Phi) is 4.15. The molecule has 3 N–H and O–H groups in total. The third-order valence-corrected chi connectivity index (χ3v) is 3.60. The molecule has 0 radical (unpaired) electrons. The number of hydrogen-bond donors (Lipinski definition) is 2. The van der Waals surface area contributed by atoms with Crippen LogP contribution in [0, 0.1) is 0 Å². The molecule has 0 spiro atoms. The van der Waals surface area contributed by atoms with Crippen molar-refractivity contribution in [1.29, 1.82) is 0 Å². The van der Waals surface area contributed by atoms with E-state index in [0.29, 0.717) is 11.2 Å². The molecule has 1 aliphatic carbocycles. The van der Waals surface area contributed by atoms with Crippen molar-refractivity contribution in [2.75, 3.05) is 5.75 Å². The average Bonchev–Trinajstić information content (AvgIpc) is 2.37. The van der Waals surface area contributed by atoms with Gasteiger partial charge in [0.2, 0.25) is 0 Å². The normalized spacial score (nSPS) is 28.8. The molecule has 0 saturated heterocycles. The third-order valence-electron chi connectivity index (χ3n) is 2.16. The van der Waals surface area contributed by atoms with Gasteiger partial charge in [-0.25, -0.2) is 0 Å². The SMILES string of the molecule is CCSC1CCCC1NC(N)=S. The minimum absolute atomic E-state index is 0.448. The summed E-state index contributed by atoms with van der Waals surface area (Å²) in [6.45, 7) is 2.20. The minimum atomic E-state index is 0.448. The van der Waals surface area contributed by atoms with Crippen LogP contribution in [0.3, 0.4) is 0 Å². The molecule has 2 nitrogen and oxygen atoms in total. The summed E-state index contributed by atoms with van der Waals surface area (Å²) in [4.78, 5) is 0. The molecular weight excluding hydrogens is 188 g/mol.